The number of hydrogen-bond donors (Lipinski definition) is 1. The van der Waals surface area contributed by atoms with Crippen LogP contribution < -0.4 is 5.32 Å². The van der Waals surface area contributed by atoms with Crippen molar-refractivity contribution in [3.05, 3.63) is 28.5 Å². The van der Waals surface area contributed by atoms with Crippen molar-refractivity contribution in [2.24, 2.45) is 11.3 Å². The van der Waals surface area contributed by atoms with Crippen molar-refractivity contribution < 1.29 is 4.39 Å². The fourth-order valence-corrected chi connectivity index (χ4v) is 3.38. The highest BCUT2D eigenvalue weighted by Crippen LogP contribution is 2.37. The van der Waals surface area contributed by atoms with Crippen molar-refractivity contribution in [1.29, 1.82) is 0 Å². The Morgan fingerprint density at radius 1 is 1.15 bits per heavy atom. The van der Waals surface area contributed by atoms with Gasteiger partial charge in [-0.2, -0.15) is 0 Å². The predicted molar refractivity (Wildman–Crippen MR) is 87.5 cm³/mol. The van der Waals surface area contributed by atoms with Gasteiger partial charge in [0.1, 0.15) is 5.82 Å². The van der Waals surface area contributed by atoms with E-state index in [-0.39, 0.29) is 5.82 Å². The first-order valence-corrected chi connectivity index (χ1v) is 8.37. The van der Waals surface area contributed by atoms with E-state index < -0.39 is 0 Å². The molecule has 0 saturated heterocycles. The van der Waals surface area contributed by atoms with Crippen LogP contribution in [0.3, 0.4) is 0 Å². The molecule has 3 heteroatoms. The molecule has 1 aliphatic rings. The highest BCUT2D eigenvalue weighted by atomic mass is 79.9. The third-order valence-electron chi connectivity index (χ3n) is 4.48. The molecule has 1 aliphatic carbocycles. The molecule has 0 radical (unpaired) electrons. The van der Waals surface area contributed by atoms with Crippen LogP contribution in [0.5, 0.6) is 0 Å². The Balaban J connectivity index is 1.95. The van der Waals surface area contributed by atoms with E-state index in [2.05, 4.69) is 42.0 Å². The van der Waals surface area contributed by atoms with E-state index in [0.717, 1.165) is 11.6 Å². The zero-order chi connectivity index (χ0) is 14.8. The van der Waals surface area contributed by atoms with Crippen molar-refractivity contribution in [3.8, 4) is 0 Å². The quantitative estimate of drug-likeness (QED) is 0.651. The van der Waals surface area contributed by atoms with Crippen LogP contribution in [0.25, 0.3) is 0 Å². The SMILES string of the molecule is CC(C)(C)C1CCCC(Nc2ccc(Br)c(F)c2)CC1. The highest BCUT2D eigenvalue weighted by Gasteiger charge is 2.27. The zero-order valence-corrected chi connectivity index (χ0v) is 14.3. The predicted octanol–water partition coefficient (Wildman–Crippen LogP) is 6.00. The molecule has 0 spiro atoms. The van der Waals surface area contributed by atoms with Gasteiger partial charge < -0.3 is 5.32 Å². The van der Waals surface area contributed by atoms with Crippen LogP contribution in [0, 0.1) is 17.2 Å². The molecule has 112 valence electrons. The molecular weight excluding hydrogens is 317 g/mol. The van der Waals surface area contributed by atoms with Crippen LogP contribution in [-0.4, -0.2) is 6.04 Å². The molecule has 20 heavy (non-hydrogen) atoms. The second-order valence-electron chi connectivity index (χ2n) is 7.04. The minimum atomic E-state index is -0.198. The standard InChI is InChI=1S/C17H25BrFN/c1-17(2,3)12-5-4-6-13(8-7-12)20-14-9-10-15(18)16(19)11-14/h9-13,20H,4-8H2,1-3H3. The summed E-state index contributed by atoms with van der Waals surface area (Å²) in [5, 5.41) is 3.50. The summed E-state index contributed by atoms with van der Waals surface area (Å²) in [6.07, 6.45) is 6.21. The first-order valence-electron chi connectivity index (χ1n) is 7.58. The third kappa shape index (κ3) is 4.21. The minimum Gasteiger partial charge on any atom is -0.382 e. The van der Waals surface area contributed by atoms with Crippen molar-refractivity contribution in [3.63, 3.8) is 0 Å². The average Bonchev–Trinajstić information content (AvgIpc) is 2.59. The van der Waals surface area contributed by atoms with Gasteiger partial charge in [-0.25, -0.2) is 4.39 Å². The fraction of sp³-hybridized carbons (Fsp3) is 0.647. The van der Waals surface area contributed by atoms with Gasteiger partial charge in [-0.15, -0.1) is 0 Å². The summed E-state index contributed by atoms with van der Waals surface area (Å²) in [5.41, 5.74) is 1.29. The van der Waals surface area contributed by atoms with Gasteiger partial charge >= 0.3 is 0 Å². The van der Waals surface area contributed by atoms with Crippen LogP contribution in [-0.2, 0) is 0 Å². The summed E-state index contributed by atoms with van der Waals surface area (Å²) >= 11 is 3.19. The van der Waals surface area contributed by atoms with E-state index in [0.29, 0.717) is 15.9 Å². The van der Waals surface area contributed by atoms with E-state index in [1.165, 1.54) is 32.1 Å². The molecule has 1 fully saturated rings. The largest absolute Gasteiger partial charge is 0.382 e. The van der Waals surface area contributed by atoms with Crippen molar-refractivity contribution >= 4 is 21.6 Å². The Bertz CT molecular complexity index is 453. The molecular formula is C17H25BrFN. The molecule has 0 aromatic heterocycles. The van der Waals surface area contributed by atoms with Crippen molar-refractivity contribution in [1.82, 2.24) is 0 Å². The summed E-state index contributed by atoms with van der Waals surface area (Å²) in [5.74, 6) is 0.604. The Morgan fingerprint density at radius 3 is 2.55 bits per heavy atom. The average molecular weight is 342 g/mol. The van der Waals surface area contributed by atoms with Crippen LogP contribution in [0.1, 0.15) is 52.9 Å². The lowest BCUT2D eigenvalue weighted by Crippen LogP contribution is -2.21. The number of hydrogen-bond acceptors (Lipinski definition) is 1. The molecule has 2 rings (SSSR count). The second kappa shape index (κ2) is 6.46. The van der Waals surface area contributed by atoms with Gasteiger partial charge in [0.15, 0.2) is 0 Å². The lowest BCUT2D eigenvalue weighted by atomic mass is 9.76. The van der Waals surface area contributed by atoms with Gasteiger partial charge in [0.2, 0.25) is 0 Å². The van der Waals surface area contributed by atoms with E-state index in [1.54, 1.807) is 12.1 Å². The number of nitrogens with one attached hydrogen (secondary N) is 1. The van der Waals surface area contributed by atoms with Crippen LogP contribution in [0.4, 0.5) is 10.1 Å². The Hall–Kier alpha value is -0.570. The fourth-order valence-electron chi connectivity index (χ4n) is 3.13. The van der Waals surface area contributed by atoms with Crippen LogP contribution in [0.15, 0.2) is 22.7 Å². The van der Waals surface area contributed by atoms with E-state index in [9.17, 15) is 4.39 Å². The van der Waals surface area contributed by atoms with Crippen LogP contribution in [0.2, 0.25) is 0 Å². The lowest BCUT2D eigenvalue weighted by Gasteiger charge is -2.29. The van der Waals surface area contributed by atoms with Crippen molar-refractivity contribution in [2.45, 2.75) is 58.9 Å². The third-order valence-corrected chi connectivity index (χ3v) is 5.13. The van der Waals surface area contributed by atoms with Gasteiger partial charge in [0.05, 0.1) is 4.47 Å². The van der Waals surface area contributed by atoms with Gasteiger partial charge in [0.25, 0.3) is 0 Å². The smallest absolute Gasteiger partial charge is 0.139 e. The molecule has 0 heterocycles. The van der Waals surface area contributed by atoms with E-state index >= 15 is 0 Å². The molecule has 1 aromatic carbocycles. The molecule has 1 N–H and O–H groups in total. The minimum absolute atomic E-state index is 0.198. The van der Waals surface area contributed by atoms with E-state index in [1.807, 2.05) is 6.07 Å². The summed E-state index contributed by atoms with van der Waals surface area (Å²) in [4.78, 5) is 0. The second-order valence-corrected chi connectivity index (χ2v) is 7.90. The first kappa shape index (κ1) is 15.8. The highest BCUT2D eigenvalue weighted by molar-refractivity contribution is 9.10. The Morgan fingerprint density at radius 2 is 1.90 bits per heavy atom. The van der Waals surface area contributed by atoms with Gasteiger partial charge in [0, 0.05) is 11.7 Å². The normalized spacial score (nSPS) is 24.2. The molecule has 1 nitrogen and oxygen atoms in total. The molecule has 1 aromatic rings. The number of halogens is 2. The maximum Gasteiger partial charge on any atom is 0.139 e. The molecule has 0 aliphatic heterocycles. The van der Waals surface area contributed by atoms with Gasteiger partial charge in [-0.3, -0.25) is 0 Å². The van der Waals surface area contributed by atoms with Gasteiger partial charge in [-0.1, -0.05) is 27.2 Å². The van der Waals surface area contributed by atoms with E-state index in [4.69, 9.17) is 0 Å². The van der Waals surface area contributed by atoms with Crippen LogP contribution >= 0.6 is 15.9 Å². The lowest BCUT2D eigenvalue weighted by molar-refractivity contribution is 0.214. The number of anilines is 1. The molecule has 2 atom stereocenters. The number of benzene rings is 1. The topological polar surface area (TPSA) is 12.0 Å². The monoisotopic (exact) mass is 341 g/mol. The first-order chi connectivity index (χ1) is 9.36. The number of rotatable bonds is 2. The molecule has 0 amide bonds. The maximum absolute atomic E-state index is 13.5. The molecule has 0 bridgehead atoms. The zero-order valence-electron chi connectivity index (χ0n) is 12.7. The van der Waals surface area contributed by atoms with Crippen molar-refractivity contribution in [2.75, 3.05) is 5.32 Å². The molecule has 1 saturated carbocycles. The summed E-state index contributed by atoms with van der Waals surface area (Å²) in [6, 6.07) is 5.77. The summed E-state index contributed by atoms with van der Waals surface area (Å²) in [7, 11) is 0. The maximum atomic E-state index is 13.5. The Kier molecular flexibility index (Phi) is 5.11. The molecule has 2 unspecified atom stereocenters. The summed E-state index contributed by atoms with van der Waals surface area (Å²) in [6.45, 7) is 7.03. The van der Waals surface area contributed by atoms with Gasteiger partial charge in [-0.05, 0) is 71.1 Å². The summed E-state index contributed by atoms with van der Waals surface area (Å²) < 4.78 is 14.1. The Labute approximate surface area is 130 Å².